The Balaban J connectivity index is 1.92. The average Bonchev–Trinajstić information content (AvgIpc) is 3.23. The molecule has 3 rings (SSSR count). The van der Waals surface area contributed by atoms with Crippen LogP contribution in [0.5, 0.6) is 11.5 Å². The maximum Gasteiger partial charge on any atom is 0.253 e. The summed E-state index contributed by atoms with van der Waals surface area (Å²) in [6.07, 6.45) is 4.64. The van der Waals surface area contributed by atoms with Crippen LogP contribution in [-0.2, 0) is 6.54 Å². The van der Waals surface area contributed by atoms with Crippen LogP contribution in [-0.4, -0.2) is 41.8 Å². The SMILES string of the molecule is COc1cc2cc(CN(C(=S)NCC(C)C)C3CCCC3)c(=O)[nH]c2cc1OC. The van der Waals surface area contributed by atoms with Crippen LogP contribution in [0.3, 0.4) is 0 Å². The Morgan fingerprint density at radius 3 is 2.48 bits per heavy atom. The number of hydrogen-bond acceptors (Lipinski definition) is 4. The molecule has 158 valence electrons. The van der Waals surface area contributed by atoms with Crippen molar-refractivity contribution in [3.05, 3.63) is 34.1 Å². The molecule has 1 aliphatic rings. The first-order valence-electron chi connectivity index (χ1n) is 10.2. The molecule has 0 bridgehead atoms. The zero-order chi connectivity index (χ0) is 21.0. The minimum absolute atomic E-state index is 0.0978. The van der Waals surface area contributed by atoms with Gasteiger partial charge in [-0.15, -0.1) is 0 Å². The molecule has 1 fully saturated rings. The van der Waals surface area contributed by atoms with Gasteiger partial charge in [-0.2, -0.15) is 0 Å². The van der Waals surface area contributed by atoms with Crippen molar-refractivity contribution in [2.24, 2.45) is 5.92 Å². The number of H-pyrrole nitrogens is 1. The van der Waals surface area contributed by atoms with E-state index in [4.69, 9.17) is 21.7 Å². The highest BCUT2D eigenvalue weighted by molar-refractivity contribution is 7.80. The molecule has 1 aromatic carbocycles. The molecule has 0 saturated heterocycles. The summed E-state index contributed by atoms with van der Waals surface area (Å²) in [6, 6.07) is 6.00. The minimum Gasteiger partial charge on any atom is -0.493 e. The third-order valence-electron chi connectivity index (χ3n) is 5.45. The number of ether oxygens (including phenoxy) is 2. The molecule has 0 radical (unpaired) electrons. The van der Waals surface area contributed by atoms with Gasteiger partial charge in [-0.3, -0.25) is 4.79 Å². The monoisotopic (exact) mass is 417 g/mol. The fourth-order valence-electron chi connectivity index (χ4n) is 3.85. The first-order chi connectivity index (χ1) is 13.9. The number of nitrogens with zero attached hydrogens (tertiary/aromatic N) is 1. The summed E-state index contributed by atoms with van der Waals surface area (Å²) in [5.41, 5.74) is 1.33. The summed E-state index contributed by atoms with van der Waals surface area (Å²) in [4.78, 5) is 18.0. The number of hydrogen-bond donors (Lipinski definition) is 2. The van der Waals surface area contributed by atoms with Crippen molar-refractivity contribution in [2.75, 3.05) is 20.8 Å². The van der Waals surface area contributed by atoms with Gasteiger partial charge in [0.1, 0.15) is 0 Å². The lowest BCUT2D eigenvalue weighted by Crippen LogP contribution is -2.46. The normalized spacial score (nSPS) is 14.4. The zero-order valence-corrected chi connectivity index (χ0v) is 18.5. The van der Waals surface area contributed by atoms with E-state index in [0.717, 1.165) is 35.4 Å². The van der Waals surface area contributed by atoms with E-state index in [0.29, 0.717) is 35.6 Å². The molecule has 1 heterocycles. The van der Waals surface area contributed by atoms with Crippen molar-refractivity contribution in [3.63, 3.8) is 0 Å². The van der Waals surface area contributed by atoms with Gasteiger partial charge in [-0.05, 0) is 43.1 Å². The number of aromatic amines is 1. The van der Waals surface area contributed by atoms with Crippen LogP contribution in [0, 0.1) is 5.92 Å². The summed E-state index contributed by atoms with van der Waals surface area (Å²) in [7, 11) is 3.19. The molecule has 0 spiro atoms. The van der Waals surface area contributed by atoms with Gasteiger partial charge in [0.2, 0.25) is 0 Å². The summed E-state index contributed by atoms with van der Waals surface area (Å²) in [6.45, 7) is 5.64. The number of benzene rings is 1. The highest BCUT2D eigenvalue weighted by Crippen LogP contribution is 2.31. The molecule has 0 aliphatic heterocycles. The van der Waals surface area contributed by atoms with E-state index in [9.17, 15) is 4.79 Å². The van der Waals surface area contributed by atoms with Crippen molar-refractivity contribution in [2.45, 2.75) is 52.1 Å². The molecule has 7 heteroatoms. The summed E-state index contributed by atoms with van der Waals surface area (Å²) in [5.74, 6) is 1.74. The van der Waals surface area contributed by atoms with Crippen molar-refractivity contribution < 1.29 is 9.47 Å². The highest BCUT2D eigenvalue weighted by atomic mass is 32.1. The van der Waals surface area contributed by atoms with Gasteiger partial charge >= 0.3 is 0 Å². The molecule has 1 aliphatic carbocycles. The summed E-state index contributed by atoms with van der Waals surface area (Å²) in [5, 5.41) is 5.02. The van der Waals surface area contributed by atoms with E-state index in [1.807, 2.05) is 12.1 Å². The first kappa shape index (κ1) is 21.4. The van der Waals surface area contributed by atoms with E-state index in [1.165, 1.54) is 12.8 Å². The van der Waals surface area contributed by atoms with Crippen LogP contribution < -0.4 is 20.3 Å². The van der Waals surface area contributed by atoms with Gasteiger partial charge in [0.25, 0.3) is 5.56 Å². The lowest BCUT2D eigenvalue weighted by Gasteiger charge is -2.32. The second-order valence-electron chi connectivity index (χ2n) is 8.06. The molecule has 2 N–H and O–H groups in total. The number of pyridine rings is 1. The molecule has 1 aromatic heterocycles. The molecule has 6 nitrogen and oxygen atoms in total. The Hall–Kier alpha value is -2.28. The maximum absolute atomic E-state index is 12.8. The van der Waals surface area contributed by atoms with Crippen LogP contribution >= 0.6 is 12.2 Å². The van der Waals surface area contributed by atoms with Crippen molar-refractivity contribution in [1.29, 1.82) is 0 Å². The van der Waals surface area contributed by atoms with E-state index in [1.54, 1.807) is 20.3 Å². The minimum atomic E-state index is -0.0978. The Morgan fingerprint density at radius 2 is 1.86 bits per heavy atom. The van der Waals surface area contributed by atoms with Gasteiger partial charge in [0, 0.05) is 29.6 Å². The van der Waals surface area contributed by atoms with E-state index in [-0.39, 0.29) is 5.56 Å². The Morgan fingerprint density at radius 1 is 1.21 bits per heavy atom. The third kappa shape index (κ3) is 5.01. The number of thiocarbonyl (C=S) groups is 1. The van der Waals surface area contributed by atoms with Crippen molar-refractivity contribution in [3.8, 4) is 11.5 Å². The molecular weight excluding hydrogens is 386 g/mol. The fourth-order valence-corrected chi connectivity index (χ4v) is 4.15. The predicted octanol–water partition coefficient (Wildman–Crippen LogP) is 3.82. The van der Waals surface area contributed by atoms with Gasteiger partial charge < -0.3 is 24.7 Å². The third-order valence-corrected chi connectivity index (χ3v) is 5.83. The molecule has 0 amide bonds. The Labute approximate surface area is 177 Å². The molecular formula is C22H31N3O3S. The van der Waals surface area contributed by atoms with Crippen LogP contribution in [0.1, 0.15) is 45.1 Å². The molecule has 1 saturated carbocycles. The summed E-state index contributed by atoms with van der Waals surface area (Å²) < 4.78 is 10.8. The molecule has 2 aromatic rings. The molecule has 0 unspecified atom stereocenters. The summed E-state index contributed by atoms with van der Waals surface area (Å²) >= 11 is 5.71. The van der Waals surface area contributed by atoms with Crippen LogP contribution in [0.4, 0.5) is 0 Å². The van der Waals surface area contributed by atoms with Crippen LogP contribution in [0.15, 0.2) is 23.0 Å². The highest BCUT2D eigenvalue weighted by Gasteiger charge is 2.25. The standard InChI is InChI=1S/C22H31N3O3S/c1-14(2)12-23-22(29)25(17-7-5-6-8-17)13-16-9-15-10-19(27-3)20(28-4)11-18(15)24-21(16)26/h9-11,14,17H,5-8,12-13H2,1-4H3,(H,23,29)(H,24,26). The molecule has 29 heavy (non-hydrogen) atoms. The lowest BCUT2D eigenvalue weighted by atomic mass is 10.1. The number of nitrogens with one attached hydrogen (secondary N) is 2. The number of fused-ring (bicyclic) bond motifs is 1. The van der Waals surface area contributed by atoms with Crippen LogP contribution in [0.2, 0.25) is 0 Å². The quantitative estimate of drug-likeness (QED) is 0.668. The maximum atomic E-state index is 12.8. The van der Waals surface area contributed by atoms with Crippen molar-refractivity contribution >= 4 is 28.2 Å². The zero-order valence-electron chi connectivity index (χ0n) is 17.7. The second-order valence-corrected chi connectivity index (χ2v) is 8.45. The van der Waals surface area contributed by atoms with E-state index >= 15 is 0 Å². The lowest BCUT2D eigenvalue weighted by molar-refractivity contribution is 0.301. The Kier molecular flexibility index (Phi) is 7.00. The number of aromatic nitrogens is 1. The first-order valence-corrected chi connectivity index (χ1v) is 10.7. The van der Waals surface area contributed by atoms with Gasteiger partial charge in [-0.25, -0.2) is 0 Å². The van der Waals surface area contributed by atoms with E-state index < -0.39 is 0 Å². The second kappa shape index (κ2) is 9.48. The number of methoxy groups -OCH3 is 2. The predicted molar refractivity (Wildman–Crippen MR) is 121 cm³/mol. The van der Waals surface area contributed by atoms with E-state index in [2.05, 4.69) is 29.0 Å². The Bertz CT molecular complexity index is 919. The average molecular weight is 418 g/mol. The molecule has 0 atom stereocenters. The van der Waals surface area contributed by atoms with Gasteiger partial charge in [0.15, 0.2) is 16.6 Å². The number of rotatable bonds is 7. The van der Waals surface area contributed by atoms with Crippen molar-refractivity contribution in [1.82, 2.24) is 15.2 Å². The largest absolute Gasteiger partial charge is 0.493 e. The van der Waals surface area contributed by atoms with Crippen LogP contribution in [0.25, 0.3) is 10.9 Å². The van der Waals surface area contributed by atoms with Gasteiger partial charge in [-0.1, -0.05) is 26.7 Å². The topological polar surface area (TPSA) is 66.6 Å². The van der Waals surface area contributed by atoms with Gasteiger partial charge in [0.05, 0.1) is 26.3 Å². The smallest absolute Gasteiger partial charge is 0.253 e. The fraction of sp³-hybridized carbons (Fsp3) is 0.545.